The van der Waals surface area contributed by atoms with E-state index in [1.165, 1.54) is 0 Å². The Morgan fingerprint density at radius 2 is 1.60 bits per heavy atom. The Labute approximate surface area is 242 Å². The molecule has 0 spiro atoms. The number of carbonyl (C=O) groups excluding carboxylic acids is 1. The lowest BCUT2D eigenvalue weighted by Gasteiger charge is -2.45. The molecule has 4 aliphatic heterocycles. The van der Waals surface area contributed by atoms with E-state index in [2.05, 4.69) is 0 Å². The minimum absolute atomic E-state index is 0.0902. The molecular weight excluding hydrogens is 552 g/mol. The number of hydrogen-bond acceptors (Lipinski definition) is 12. The standard InChI is InChI=1S/C30H34O12/c1-13-36-11-23-28(40-13)18(31)9-24(41-23)42-27-16-8-20-19(38-12-39-20)7-15(16)25(26-17(27)10-37-30(26)32)14-5-21(33-2)29(35-4)22(6-14)34-3/h5-8,13,17-18,23-28,31H,9-12H2,1-4H3/t13?,17-,18?,23?,24?,25+,26?,27?,28?/m0/s1. The van der Waals surface area contributed by atoms with Gasteiger partial charge in [-0.2, -0.15) is 0 Å². The van der Waals surface area contributed by atoms with Crippen LogP contribution in [0.4, 0.5) is 0 Å². The molecule has 9 atom stereocenters. The molecule has 0 radical (unpaired) electrons. The first kappa shape index (κ1) is 27.5. The van der Waals surface area contributed by atoms with Gasteiger partial charge in [-0.15, -0.1) is 0 Å². The SMILES string of the molecule is COc1cc([C@@H]2c3cc4c(cc3C(OC3CC(O)C5OC(C)OCC5O3)[C@H]3COC(=O)C23)OCO4)cc(OC)c1OC. The summed E-state index contributed by atoms with van der Waals surface area (Å²) < 4.78 is 58.2. The third-order valence-corrected chi connectivity index (χ3v) is 8.81. The minimum Gasteiger partial charge on any atom is -0.493 e. The van der Waals surface area contributed by atoms with Crippen molar-refractivity contribution in [1.29, 1.82) is 0 Å². The number of ether oxygens (including phenoxy) is 10. The van der Waals surface area contributed by atoms with Gasteiger partial charge < -0.3 is 52.5 Å². The van der Waals surface area contributed by atoms with Crippen LogP contribution in [0.3, 0.4) is 0 Å². The first-order chi connectivity index (χ1) is 20.4. The maximum Gasteiger partial charge on any atom is 0.310 e. The lowest BCUT2D eigenvalue weighted by molar-refractivity contribution is -0.338. The van der Waals surface area contributed by atoms with E-state index < -0.39 is 48.8 Å². The van der Waals surface area contributed by atoms with Crippen LogP contribution in [0.25, 0.3) is 0 Å². The second-order valence-corrected chi connectivity index (χ2v) is 11.1. The van der Waals surface area contributed by atoms with Gasteiger partial charge in [0.15, 0.2) is 35.6 Å². The summed E-state index contributed by atoms with van der Waals surface area (Å²) in [5.41, 5.74) is 2.43. The highest BCUT2D eigenvalue weighted by Gasteiger charge is 2.54. The van der Waals surface area contributed by atoms with Crippen LogP contribution in [0, 0.1) is 11.8 Å². The van der Waals surface area contributed by atoms with E-state index in [0.29, 0.717) is 28.7 Å². The summed E-state index contributed by atoms with van der Waals surface area (Å²) in [5, 5.41) is 10.9. The maximum absolute atomic E-state index is 13.5. The van der Waals surface area contributed by atoms with Crippen molar-refractivity contribution < 1.29 is 57.3 Å². The quantitative estimate of drug-likeness (QED) is 0.500. The first-order valence-electron chi connectivity index (χ1n) is 14.1. The fraction of sp³-hybridized carbons (Fsp3) is 0.567. The van der Waals surface area contributed by atoms with Gasteiger partial charge in [-0.3, -0.25) is 4.79 Å². The molecule has 7 unspecified atom stereocenters. The van der Waals surface area contributed by atoms with E-state index in [1.807, 2.05) is 24.3 Å². The molecule has 5 aliphatic rings. The molecule has 0 saturated carbocycles. The van der Waals surface area contributed by atoms with Gasteiger partial charge >= 0.3 is 5.97 Å². The third kappa shape index (κ3) is 4.44. The Balaban J connectivity index is 1.31. The van der Waals surface area contributed by atoms with Crippen LogP contribution in [-0.4, -0.2) is 83.3 Å². The molecule has 1 aliphatic carbocycles. The van der Waals surface area contributed by atoms with Crippen LogP contribution in [-0.2, 0) is 28.5 Å². The Morgan fingerprint density at radius 3 is 2.29 bits per heavy atom. The van der Waals surface area contributed by atoms with E-state index in [-0.39, 0.29) is 38.3 Å². The van der Waals surface area contributed by atoms with E-state index in [4.69, 9.17) is 47.4 Å². The monoisotopic (exact) mass is 586 g/mol. The number of cyclic esters (lactones) is 1. The molecule has 0 amide bonds. The molecule has 0 aromatic heterocycles. The smallest absolute Gasteiger partial charge is 0.310 e. The van der Waals surface area contributed by atoms with Gasteiger partial charge in [0.1, 0.15) is 12.2 Å². The normalized spacial score (nSPS) is 34.6. The average molecular weight is 587 g/mol. The van der Waals surface area contributed by atoms with Crippen LogP contribution < -0.4 is 23.7 Å². The van der Waals surface area contributed by atoms with Crippen molar-refractivity contribution in [3.05, 3.63) is 41.0 Å². The molecule has 12 nitrogen and oxygen atoms in total. The van der Waals surface area contributed by atoms with E-state index >= 15 is 0 Å². The van der Waals surface area contributed by atoms with Gasteiger partial charge in [-0.25, -0.2) is 0 Å². The summed E-state index contributed by atoms with van der Waals surface area (Å²) in [4.78, 5) is 13.5. The second-order valence-electron chi connectivity index (χ2n) is 11.1. The summed E-state index contributed by atoms with van der Waals surface area (Å²) in [7, 11) is 4.65. The molecule has 1 N–H and O–H groups in total. The van der Waals surface area contributed by atoms with Crippen LogP contribution in [0.1, 0.15) is 42.1 Å². The summed E-state index contributed by atoms with van der Waals surface area (Å²) in [6.07, 6.45) is -3.38. The molecule has 7 rings (SSSR count). The average Bonchev–Trinajstić information content (AvgIpc) is 3.62. The summed E-state index contributed by atoms with van der Waals surface area (Å²) in [5.74, 6) is 0.849. The van der Waals surface area contributed by atoms with E-state index in [1.54, 1.807) is 28.3 Å². The minimum atomic E-state index is -0.802. The fourth-order valence-corrected chi connectivity index (χ4v) is 6.93. The highest BCUT2D eigenvalue weighted by atomic mass is 16.7. The number of hydrogen-bond donors (Lipinski definition) is 1. The number of rotatable bonds is 6. The van der Waals surface area contributed by atoms with Crippen molar-refractivity contribution >= 4 is 5.97 Å². The maximum atomic E-state index is 13.5. The molecule has 2 aromatic rings. The Kier molecular flexibility index (Phi) is 7.06. The lowest BCUT2D eigenvalue weighted by atomic mass is 9.66. The van der Waals surface area contributed by atoms with Gasteiger partial charge in [0.05, 0.1) is 52.7 Å². The number of carbonyl (C=O) groups is 1. The van der Waals surface area contributed by atoms with Crippen LogP contribution in [0.5, 0.6) is 28.7 Å². The van der Waals surface area contributed by atoms with Gasteiger partial charge in [-0.1, -0.05) is 0 Å². The highest BCUT2D eigenvalue weighted by molar-refractivity contribution is 5.79. The molecule has 2 aromatic carbocycles. The van der Waals surface area contributed by atoms with Crippen molar-refractivity contribution in [2.24, 2.45) is 11.8 Å². The van der Waals surface area contributed by atoms with Gasteiger partial charge in [-0.05, 0) is 47.9 Å². The van der Waals surface area contributed by atoms with Gasteiger partial charge in [0, 0.05) is 18.3 Å². The molecule has 0 bridgehead atoms. The van der Waals surface area contributed by atoms with Crippen molar-refractivity contribution in [3.8, 4) is 28.7 Å². The Morgan fingerprint density at radius 1 is 0.881 bits per heavy atom. The Bertz CT molecular complexity index is 1340. The van der Waals surface area contributed by atoms with Crippen LogP contribution in [0.2, 0.25) is 0 Å². The number of aliphatic hydroxyl groups excluding tert-OH is 1. The van der Waals surface area contributed by atoms with Crippen molar-refractivity contribution in [1.82, 2.24) is 0 Å². The summed E-state index contributed by atoms with van der Waals surface area (Å²) in [6, 6.07) is 7.52. The molecule has 4 heterocycles. The predicted molar refractivity (Wildman–Crippen MR) is 142 cm³/mol. The van der Waals surface area contributed by atoms with Gasteiger partial charge in [0.25, 0.3) is 0 Å². The lowest BCUT2D eigenvalue weighted by Crippen LogP contribution is -2.56. The Hall–Kier alpha value is -3.29. The van der Waals surface area contributed by atoms with E-state index in [9.17, 15) is 9.90 Å². The molecule has 3 fully saturated rings. The largest absolute Gasteiger partial charge is 0.493 e. The molecular formula is C30H34O12. The van der Waals surface area contributed by atoms with Gasteiger partial charge in [0.2, 0.25) is 12.5 Å². The topological polar surface area (TPSA) is 130 Å². The molecule has 3 saturated heterocycles. The zero-order chi connectivity index (χ0) is 29.1. The van der Waals surface area contributed by atoms with Crippen molar-refractivity contribution in [2.45, 2.75) is 56.3 Å². The zero-order valence-electron chi connectivity index (χ0n) is 23.8. The predicted octanol–water partition coefficient (Wildman–Crippen LogP) is 2.67. The first-order valence-corrected chi connectivity index (χ1v) is 14.1. The zero-order valence-corrected chi connectivity index (χ0v) is 23.8. The molecule has 42 heavy (non-hydrogen) atoms. The second kappa shape index (κ2) is 10.8. The number of esters is 1. The number of benzene rings is 2. The van der Waals surface area contributed by atoms with Crippen LogP contribution >= 0.6 is 0 Å². The number of aliphatic hydroxyl groups is 1. The van der Waals surface area contributed by atoms with Crippen LogP contribution in [0.15, 0.2) is 24.3 Å². The fourth-order valence-electron chi connectivity index (χ4n) is 6.93. The molecule has 226 valence electrons. The molecule has 12 heteroatoms. The summed E-state index contributed by atoms with van der Waals surface area (Å²) in [6.45, 7) is 2.32. The number of methoxy groups -OCH3 is 3. The number of fused-ring (bicyclic) bond motifs is 4. The summed E-state index contributed by atoms with van der Waals surface area (Å²) >= 11 is 0. The van der Waals surface area contributed by atoms with E-state index in [0.717, 1.165) is 16.7 Å². The highest BCUT2D eigenvalue weighted by Crippen LogP contribution is 2.57. The van der Waals surface area contributed by atoms with Crippen molar-refractivity contribution in [3.63, 3.8) is 0 Å². The van der Waals surface area contributed by atoms with Crippen molar-refractivity contribution in [2.75, 3.05) is 41.3 Å². The third-order valence-electron chi connectivity index (χ3n) is 8.81.